The highest BCUT2D eigenvalue weighted by molar-refractivity contribution is 9.10. The summed E-state index contributed by atoms with van der Waals surface area (Å²) in [5.41, 5.74) is 2.96. The Kier molecular flexibility index (Phi) is 5.49. The Labute approximate surface area is 139 Å². The molecule has 8 heteroatoms. The first-order chi connectivity index (χ1) is 10.9. The summed E-state index contributed by atoms with van der Waals surface area (Å²) in [4.78, 5) is 12.0. The van der Waals surface area contributed by atoms with E-state index in [0.717, 1.165) is 0 Å². The lowest BCUT2D eigenvalue weighted by atomic mass is 10.2. The maximum absolute atomic E-state index is 12.4. The fourth-order valence-corrected chi connectivity index (χ4v) is 2.28. The standard InChI is InChI=1S/C15H13BrF2N2O3/c1-8-5-12(9(2)22-8)14(21)20-19-7-10-6-11(16)3-4-13(10)23-15(17)18/h3-7,15H,1-2H3,(H,20,21)/b19-7-. The van der Waals surface area contributed by atoms with Gasteiger partial charge in [0.2, 0.25) is 0 Å². The predicted octanol–water partition coefficient (Wildman–Crippen LogP) is 4.02. The Balaban J connectivity index is 2.12. The summed E-state index contributed by atoms with van der Waals surface area (Å²) in [5.74, 6) is 0.578. The summed E-state index contributed by atoms with van der Waals surface area (Å²) in [6, 6.07) is 6.07. The number of hydrogen-bond donors (Lipinski definition) is 1. The normalized spacial score (nSPS) is 11.2. The third kappa shape index (κ3) is 4.62. The number of furan rings is 1. The Bertz CT molecular complexity index is 744. The Morgan fingerprint density at radius 1 is 1.39 bits per heavy atom. The summed E-state index contributed by atoms with van der Waals surface area (Å²) >= 11 is 3.23. The van der Waals surface area contributed by atoms with Crippen LogP contribution in [0.1, 0.15) is 27.4 Å². The molecule has 0 saturated heterocycles. The molecule has 1 aromatic carbocycles. The maximum Gasteiger partial charge on any atom is 0.387 e. The van der Waals surface area contributed by atoms with Gasteiger partial charge < -0.3 is 9.15 Å². The zero-order chi connectivity index (χ0) is 17.0. The molecule has 1 N–H and O–H groups in total. The number of amides is 1. The van der Waals surface area contributed by atoms with Crippen molar-refractivity contribution >= 4 is 28.1 Å². The number of alkyl halides is 2. The lowest BCUT2D eigenvalue weighted by Gasteiger charge is -2.07. The maximum atomic E-state index is 12.4. The molecule has 1 amide bonds. The molecule has 0 aliphatic rings. The average Bonchev–Trinajstić information content (AvgIpc) is 2.80. The average molecular weight is 387 g/mol. The molecule has 0 saturated carbocycles. The fourth-order valence-electron chi connectivity index (χ4n) is 1.90. The van der Waals surface area contributed by atoms with E-state index in [2.05, 4.69) is 31.2 Å². The minimum Gasteiger partial charge on any atom is -0.466 e. The molecule has 5 nitrogen and oxygen atoms in total. The van der Waals surface area contributed by atoms with Gasteiger partial charge in [-0.2, -0.15) is 13.9 Å². The molecule has 0 aliphatic heterocycles. The van der Waals surface area contributed by atoms with Gasteiger partial charge in [-0.25, -0.2) is 5.43 Å². The molecule has 0 atom stereocenters. The quantitative estimate of drug-likeness (QED) is 0.623. The van der Waals surface area contributed by atoms with Gasteiger partial charge in [-0.15, -0.1) is 0 Å². The molecule has 0 spiro atoms. The lowest BCUT2D eigenvalue weighted by Crippen LogP contribution is -2.18. The summed E-state index contributed by atoms with van der Waals surface area (Å²) in [7, 11) is 0. The highest BCUT2D eigenvalue weighted by atomic mass is 79.9. The van der Waals surface area contributed by atoms with Gasteiger partial charge >= 0.3 is 6.61 Å². The first-order valence-corrected chi connectivity index (χ1v) is 7.31. The van der Waals surface area contributed by atoms with Crippen molar-refractivity contribution in [2.45, 2.75) is 20.5 Å². The molecule has 2 aromatic rings. The van der Waals surface area contributed by atoms with E-state index in [1.165, 1.54) is 12.3 Å². The lowest BCUT2D eigenvalue weighted by molar-refractivity contribution is -0.0499. The molecular weight excluding hydrogens is 374 g/mol. The van der Waals surface area contributed by atoms with Crippen LogP contribution >= 0.6 is 15.9 Å². The molecule has 0 unspecified atom stereocenters. The number of ether oxygens (including phenoxy) is 1. The van der Waals surface area contributed by atoms with Crippen molar-refractivity contribution < 1.29 is 22.7 Å². The van der Waals surface area contributed by atoms with Crippen LogP contribution in [0.5, 0.6) is 5.75 Å². The van der Waals surface area contributed by atoms with Gasteiger partial charge in [0.25, 0.3) is 5.91 Å². The van der Waals surface area contributed by atoms with E-state index in [-0.39, 0.29) is 5.75 Å². The number of aryl methyl sites for hydroxylation is 2. The van der Waals surface area contributed by atoms with Gasteiger partial charge in [-0.05, 0) is 38.1 Å². The SMILES string of the molecule is Cc1cc(C(=O)N/N=C\c2cc(Br)ccc2OC(F)F)c(C)o1. The molecule has 23 heavy (non-hydrogen) atoms. The van der Waals surface area contributed by atoms with Gasteiger partial charge in [0, 0.05) is 10.0 Å². The van der Waals surface area contributed by atoms with E-state index in [1.807, 2.05) is 0 Å². The number of hydrazone groups is 1. The third-order valence-electron chi connectivity index (χ3n) is 2.84. The van der Waals surface area contributed by atoms with Crippen molar-refractivity contribution in [2.75, 3.05) is 0 Å². The van der Waals surface area contributed by atoms with Gasteiger partial charge in [-0.1, -0.05) is 15.9 Å². The number of nitrogens with zero attached hydrogens (tertiary/aromatic N) is 1. The van der Waals surface area contributed by atoms with Crippen LogP contribution in [-0.4, -0.2) is 18.7 Å². The third-order valence-corrected chi connectivity index (χ3v) is 3.34. The second-order valence-corrected chi connectivity index (χ2v) is 5.50. The summed E-state index contributed by atoms with van der Waals surface area (Å²) in [5, 5.41) is 3.77. The molecule has 0 radical (unpaired) electrons. The topological polar surface area (TPSA) is 63.8 Å². The smallest absolute Gasteiger partial charge is 0.387 e. The van der Waals surface area contributed by atoms with E-state index >= 15 is 0 Å². The Morgan fingerprint density at radius 2 is 2.13 bits per heavy atom. The second kappa shape index (κ2) is 7.36. The number of carbonyl (C=O) groups excluding carboxylic acids is 1. The first kappa shape index (κ1) is 17.1. The largest absolute Gasteiger partial charge is 0.466 e. The Hall–Kier alpha value is -2.22. The van der Waals surface area contributed by atoms with Gasteiger partial charge in [0.15, 0.2) is 0 Å². The van der Waals surface area contributed by atoms with E-state index in [4.69, 9.17) is 4.42 Å². The van der Waals surface area contributed by atoms with Crippen molar-refractivity contribution in [3.8, 4) is 5.75 Å². The highest BCUT2D eigenvalue weighted by Gasteiger charge is 2.13. The molecule has 0 bridgehead atoms. The monoisotopic (exact) mass is 386 g/mol. The predicted molar refractivity (Wildman–Crippen MR) is 84.0 cm³/mol. The van der Waals surface area contributed by atoms with Gasteiger partial charge in [0.05, 0.1) is 11.8 Å². The number of carbonyl (C=O) groups is 1. The number of hydrogen-bond acceptors (Lipinski definition) is 4. The van der Waals surface area contributed by atoms with Crippen molar-refractivity contribution in [3.63, 3.8) is 0 Å². The van der Waals surface area contributed by atoms with E-state index in [0.29, 0.717) is 27.1 Å². The molecule has 122 valence electrons. The Morgan fingerprint density at radius 3 is 2.74 bits per heavy atom. The fraction of sp³-hybridized carbons (Fsp3) is 0.200. The van der Waals surface area contributed by atoms with Gasteiger partial charge in [0.1, 0.15) is 17.3 Å². The van der Waals surface area contributed by atoms with E-state index in [1.54, 1.807) is 32.0 Å². The number of nitrogens with one attached hydrogen (secondary N) is 1. The molecule has 1 heterocycles. The molecule has 2 rings (SSSR count). The first-order valence-electron chi connectivity index (χ1n) is 6.51. The van der Waals surface area contributed by atoms with Crippen LogP contribution < -0.4 is 10.2 Å². The number of benzene rings is 1. The van der Waals surface area contributed by atoms with Crippen LogP contribution in [0.25, 0.3) is 0 Å². The van der Waals surface area contributed by atoms with Crippen LogP contribution in [0.2, 0.25) is 0 Å². The van der Waals surface area contributed by atoms with Gasteiger partial charge in [-0.3, -0.25) is 4.79 Å². The summed E-state index contributed by atoms with van der Waals surface area (Å²) in [6.45, 7) is 0.436. The number of rotatable bonds is 5. The van der Waals surface area contributed by atoms with Crippen LogP contribution in [0.15, 0.2) is 38.3 Å². The van der Waals surface area contributed by atoms with E-state index < -0.39 is 12.5 Å². The minimum absolute atomic E-state index is 0.0449. The van der Waals surface area contributed by atoms with Crippen molar-refractivity contribution in [3.05, 3.63) is 51.4 Å². The highest BCUT2D eigenvalue weighted by Crippen LogP contribution is 2.23. The zero-order valence-corrected chi connectivity index (χ0v) is 13.9. The van der Waals surface area contributed by atoms with Crippen LogP contribution in [0.4, 0.5) is 8.78 Å². The van der Waals surface area contributed by atoms with Crippen LogP contribution in [0.3, 0.4) is 0 Å². The molecule has 0 aliphatic carbocycles. The minimum atomic E-state index is -2.95. The second-order valence-electron chi connectivity index (χ2n) is 4.59. The molecule has 1 aromatic heterocycles. The van der Waals surface area contributed by atoms with E-state index in [9.17, 15) is 13.6 Å². The van der Waals surface area contributed by atoms with Crippen molar-refractivity contribution in [1.29, 1.82) is 0 Å². The van der Waals surface area contributed by atoms with Crippen molar-refractivity contribution in [2.24, 2.45) is 5.10 Å². The molecule has 0 fully saturated rings. The molecular formula is C15H13BrF2N2O3. The van der Waals surface area contributed by atoms with Crippen molar-refractivity contribution in [1.82, 2.24) is 5.43 Å². The summed E-state index contributed by atoms with van der Waals surface area (Å²) in [6.07, 6.45) is 1.22. The van der Waals surface area contributed by atoms with Crippen LogP contribution in [-0.2, 0) is 0 Å². The van der Waals surface area contributed by atoms with Crippen LogP contribution in [0, 0.1) is 13.8 Å². The zero-order valence-electron chi connectivity index (χ0n) is 12.3. The number of halogens is 3. The summed E-state index contributed by atoms with van der Waals surface area (Å²) < 4.78 is 35.0.